The zero-order chi connectivity index (χ0) is 10.8. The Morgan fingerprint density at radius 2 is 2.00 bits per heavy atom. The highest BCUT2D eigenvalue weighted by atomic mass is 16.2. The van der Waals surface area contributed by atoms with Crippen LogP contribution in [0.5, 0.6) is 0 Å². The zero-order valence-electron chi connectivity index (χ0n) is 8.64. The van der Waals surface area contributed by atoms with E-state index in [-0.39, 0.29) is 11.8 Å². The summed E-state index contributed by atoms with van der Waals surface area (Å²) in [6.45, 7) is 3.66. The molecule has 5 heteroatoms. The second-order valence-corrected chi connectivity index (χ2v) is 3.10. The van der Waals surface area contributed by atoms with Gasteiger partial charge in [0.15, 0.2) is 0 Å². The molecular weight excluding hydrogens is 182 g/mol. The fraction of sp³-hybridized carbons (Fsp3) is 0.778. The minimum Gasteiger partial charge on any atom is -0.370 e. The van der Waals surface area contributed by atoms with Gasteiger partial charge in [-0.1, -0.05) is 6.92 Å². The normalized spacial score (nSPS) is 9.79. The van der Waals surface area contributed by atoms with E-state index in [4.69, 9.17) is 5.73 Å². The van der Waals surface area contributed by atoms with Crippen LogP contribution in [0.4, 0.5) is 0 Å². The minimum absolute atomic E-state index is 0.00840. The molecule has 5 nitrogen and oxygen atoms in total. The van der Waals surface area contributed by atoms with Crippen LogP contribution < -0.4 is 16.4 Å². The summed E-state index contributed by atoms with van der Waals surface area (Å²) in [4.78, 5) is 21.4. The zero-order valence-corrected chi connectivity index (χ0v) is 8.64. The Kier molecular flexibility index (Phi) is 7.83. The highest BCUT2D eigenvalue weighted by molar-refractivity contribution is 5.77. The molecular formula is C9H19N3O2. The molecule has 0 rings (SSSR count). The van der Waals surface area contributed by atoms with Crippen molar-refractivity contribution in [3.8, 4) is 0 Å². The number of carbonyl (C=O) groups excluding carboxylic acids is 2. The lowest BCUT2D eigenvalue weighted by atomic mass is 10.3. The van der Waals surface area contributed by atoms with Gasteiger partial charge in [-0.2, -0.15) is 0 Å². The van der Waals surface area contributed by atoms with Gasteiger partial charge in [0.05, 0.1) is 6.54 Å². The van der Waals surface area contributed by atoms with E-state index in [9.17, 15) is 9.59 Å². The molecule has 0 fully saturated rings. The first-order chi connectivity index (χ1) is 6.66. The van der Waals surface area contributed by atoms with Gasteiger partial charge in [0.1, 0.15) is 0 Å². The van der Waals surface area contributed by atoms with Crippen molar-refractivity contribution in [3.05, 3.63) is 0 Å². The quantitative estimate of drug-likeness (QED) is 0.457. The fourth-order valence-electron chi connectivity index (χ4n) is 0.916. The van der Waals surface area contributed by atoms with Crippen molar-refractivity contribution >= 4 is 11.8 Å². The number of amides is 2. The van der Waals surface area contributed by atoms with Crippen LogP contribution in [-0.2, 0) is 9.59 Å². The average molecular weight is 201 g/mol. The first-order valence-corrected chi connectivity index (χ1v) is 4.92. The molecule has 14 heavy (non-hydrogen) atoms. The van der Waals surface area contributed by atoms with Crippen LogP contribution in [0.2, 0.25) is 0 Å². The van der Waals surface area contributed by atoms with Crippen molar-refractivity contribution in [2.24, 2.45) is 5.73 Å². The number of hydrogen-bond donors (Lipinski definition) is 3. The smallest absolute Gasteiger partial charge is 0.233 e. The van der Waals surface area contributed by atoms with Crippen molar-refractivity contribution in [1.82, 2.24) is 10.6 Å². The number of rotatable bonds is 8. The summed E-state index contributed by atoms with van der Waals surface area (Å²) in [5, 5.41) is 5.67. The number of primary amides is 1. The predicted molar refractivity (Wildman–Crippen MR) is 54.6 cm³/mol. The summed E-state index contributed by atoms with van der Waals surface area (Å²) in [6.07, 6.45) is 1.98. The number of nitrogens with one attached hydrogen (secondary N) is 2. The molecule has 0 aliphatic heterocycles. The molecule has 4 N–H and O–H groups in total. The average Bonchev–Trinajstić information content (AvgIpc) is 2.13. The van der Waals surface area contributed by atoms with Gasteiger partial charge in [-0.05, 0) is 19.4 Å². The summed E-state index contributed by atoms with van der Waals surface area (Å²) >= 11 is 0. The Labute approximate surface area is 84.4 Å². The summed E-state index contributed by atoms with van der Waals surface area (Å²) in [5.41, 5.74) is 4.95. The molecule has 0 bridgehead atoms. The maximum Gasteiger partial charge on any atom is 0.233 e. The summed E-state index contributed by atoms with van der Waals surface area (Å²) in [5.74, 6) is -0.312. The van der Waals surface area contributed by atoms with Crippen LogP contribution >= 0.6 is 0 Å². The van der Waals surface area contributed by atoms with Gasteiger partial charge in [0.2, 0.25) is 11.8 Å². The third kappa shape index (κ3) is 8.99. The van der Waals surface area contributed by atoms with E-state index in [0.29, 0.717) is 32.5 Å². The van der Waals surface area contributed by atoms with Crippen LogP contribution in [0.25, 0.3) is 0 Å². The number of nitrogens with two attached hydrogens (primary N) is 1. The van der Waals surface area contributed by atoms with E-state index in [2.05, 4.69) is 10.6 Å². The van der Waals surface area contributed by atoms with Gasteiger partial charge < -0.3 is 16.4 Å². The predicted octanol–water partition coefficient (Wildman–Crippen LogP) is -0.632. The number of carbonyl (C=O) groups is 2. The standard InChI is InChI=1S/C9H19N3O2/c1-2-5-12-9(14)7-11-6-3-4-8(10)13/h11H,2-7H2,1H3,(H2,10,13)(H,12,14). The molecule has 82 valence electrons. The summed E-state index contributed by atoms with van der Waals surface area (Å²) in [6, 6.07) is 0. The van der Waals surface area contributed by atoms with Crippen molar-refractivity contribution in [3.63, 3.8) is 0 Å². The second-order valence-electron chi connectivity index (χ2n) is 3.10. The van der Waals surface area contributed by atoms with E-state index in [1.165, 1.54) is 0 Å². The molecule has 0 aliphatic carbocycles. The van der Waals surface area contributed by atoms with Gasteiger partial charge in [0.25, 0.3) is 0 Å². The summed E-state index contributed by atoms with van der Waals surface area (Å²) in [7, 11) is 0. The SMILES string of the molecule is CCCNC(=O)CNCCCC(N)=O. The maximum atomic E-state index is 11.0. The third-order valence-electron chi connectivity index (χ3n) is 1.63. The molecule has 0 radical (unpaired) electrons. The summed E-state index contributed by atoms with van der Waals surface area (Å²) < 4.78 is 0. The topological polar surface area (TPSA) is 84.2 Å². The molecule has 0 aromatic heterocycles. The van der Waals surface area contributed by atoms with Crippen molar-refractivity contribution in [1.29, 1.82) is 0 Å². The molecule has 0 aromatic rings. The van der Waals surface area contributed by atoms with E-state index in [1.54, 1.807) is 0 Å². The van der Waals surface area contributed by atoms with Crippen molar-refractivity contribution in [2.45, 2.75) is 26.2 Å². The van der Waals surface area contributed by atoms with Crippen molar-refractivity contribution in [2.75, 3.05) is 19.6 Å². The molecule has 0 saturated carbocycles. The van der Waals surface area contributed by atoms with E-state index in [0.717, 1.165) is 6.42 Å². The van der Waals surface area contributed by atoms with Gasteiger partial charge in [-0.3, -0.25) is 9.59 Å². The molecule has 0 saturated heterocycles. The second kappa shape index (κ2) is 8.50. The molecule has 0 aliphatic rings. The van der Waals surface area contributed by atoms with Crippen LogP contribution in [0.1, 0.15) is 26.2 Å². The lowest BCUT2D eigenvalue weighted by Crippen LogP contribution is -2.34. The Bertz CT molecular complexity index is 183. The molecule has 0 spiro atoms. The van der Waals surface area contributed by atoms with E-state index < -0.39 is 0 Å². The minimum atomic E-state index is -0.303. The lowest BCUT2D eigenvalue weighted by molar-refractivity contribution is -0.120. The van der Waals surface area contributed by atoms with E-state index in [1.807, 2.05) is 6.92 Å². The Balaban J connectivity index is 3.19. The molecule has 2 amide bonds. The highest BCUT2D eigenvalue weighted by Crippen LogP contribution is 1.83. The lowest BCUT2D eigenvalue weighted by Gasteiger charge is -2.04. The Morgan fingerprint density at radius 1 is 1.29 bits per heavy atom. The third-order valence-corrected chi connectivity index (χ3v) is 1.63. The van der Waals surface area contributed by atoms with Gasteiger partial charge in [0, 0.05) is 13.0 Å². The van der Waals surface area contributed by atoms with Gasteiger partial charge in [-0.25, -0.2) is 0 Å². The molecule has 0 aromatic carbocycles. The molecule has 0 heterocycles. The molecule has 0 atom stereocenters. The van der Waals surface area contributed by atoms with Crippen molar-refractivity contribution < 1.29 is 9.59 Å². The Morgan fingerprint density at radius 3 is 2.57 bits per heavy atom. The van der Waals surface area contributed by atoms with Gasteiger partial charge >= 0.3 is 0 Å². The first-order valence-electron chi connectivity index (χ1n) is 4.92. The number of hydrogen-bond acceptors (Lipinski definition) is 3. The van der Waals surface area contributed by atoms with Crippen LogP contribution in [0, 0.1) is 0 Å². The first kappa shape index (κ1) is 12.9. The van der Waals surface area contributed by atoms with Crippen LogP contribution in [0.15, 0.2) is 0 Å². The molecule has 0 unspecified atom stereocenters. The monoisotopic (exact) mass is 201 g/mol. The van der Waals surface area contributed by atoms with Crippen LogP contribution in [0.3, 0.4) is 0 Å². The van der Waals surface area contributed by atoms with Gasteiger partial charge in [-0.15, -0.1) is 0 Å². The highest BCUT2D eigenvalue weighted by Gasteiger charge is 1.98. The van der Waals surface area contributed by atoms with Crippen LogP contribution in [-0.4, -0.2) is 31.4 Å². The largest absolute Gasteiger partial charge is 0.370 e. The Hall–Kier alpha value is -1.10. The fourth-order valence-corrected chi connectivity index (χ4v) is 0.916. The van der Waals surface area contributed by atoms with E-state index >= 15 is 0 Å². The maximum absolute atomic E-state index is 11.0.